The van der Waals surface area contributed by atoms with Crippen LogP contribution in [0.4, 0.5) is 5.69 Å². The highest BCUT2D eigenvalue weighted by Gasteiger charge is 2.18. The van der Waals surface area contributed by atoms with Crippen molar-refractivity contribution >= 4 is 54.8 Å². The summed E-state index contributed by atoms with van der Waals surface area (Å²) in [5.41, 5.74) is 0.915. The molecule has 0 atom stereocenters. The minimum Gasteiger partial charge on any atom is -0.392 e. The van der Waals surface area contributed by atoms with Crippen molar-refractivity contribution in [2.45, 2.75) is 11.5 Å². The standard InChI is InChI=1S/C13H10BrCl2NO3S/c14-10-5-8(7-18)1-4-13(10)21(19,20)17-9-2-3-11(15)12(16)6-9/h1-6,17-18H,7H2. The van der Waals surface area contributed by atoms with Crippen LogP contribution in [0.5, 0.6) is 0 Å². The number of aliphatic hydroxyl groups excluding tert-OH is 1. The second-order valence-electron chi connectivity index (χ2n) is 4.16. The Morgan fingerprint density at radius 2 is 1.81 bits per heavy atom. The zero-order valence-electron chi connectivity index (χ0n) is 10.5. The molecule has 21 heavy (non-hydrogen) atoms. The molecule has 0 saturated heterocycles. The van der Waals surface area contributed by atoms with Crippen LogP contribution < -0.4 is 4.72 Å². The first-order valence-electron chi connectivity index (χ1n) is 5.70. The van der Waals surface area contributed by atoms with Crippen molar-refractivity contribution in [3.63, 3.8) is 0 Å². The molecule has 0 heterocycles. The molecule has 0 fully saturated rings. The van der Waals surface area contributed by atoms with Crippen LogP contribution in [0.1, 0.15) is 5.56 Å². The van der Waals surface area contributed by atoms with Gasteiger partial charge in [0.15, 0.2) is 0 Å². The van der Waals surface area contributed by atoms with Gasteiger partial charge in [-0.3, -0.25) is 4.72 Å². The predicted molar refractivity (Wildman–Crippen MR) is 87.3 cm³/mol. The van der Waals surface area contributed by atoms with Crippen LogP contribution >= 0.6 is 39.1 Å². The molecule has 0 aromatic heterocycles. The third-order valence-electron chi connectivity index (χ3n) is 2.64. The molecule has 2 aromatic rings. The van der Waals surface area contributed by atoms with E-state index in [2.05, 4.69) is 20.7 Å². The molecule has 112 valence electrons. The number of nitrogens with one attached hydrogen (secondary N) is 1. The van der Waals surface area contributed by atoms with Crippen molar-refractivity contribution in [3.8, 4) is 0 Å². The van der Waals surface area contributed by atoms with Crippen LogP contribution in [-0.4, -0.2) is 13.5 Å². The number of hydrogen-bond donors (Lipinski definition) is 2. The number of sulfonamides is 1. The highest BCUT2D eigenvalue weighted by molar-refractivity contribution is 9.10. The van der Waals surface area contributed by atoms with Gasteiger partial charge >= 0.3 is 0 Å². The normalized spacial score (nSPS) is 11.4. The van der Waals surface area contributed by atoms with Gasteiger partial charge in [0.1, 0.15) is 4.90 Å². The summed E-state index contributed by atoms with van der Waals surface area (Å²) in [5, 5.41) is 9.63. The van der Waals surface area contributed by atoms with E-state index in [1.807, 2.05) is 0 Å². The first-order valence-corrected chi connectivity index (χ1v) is 8.74. The molecule has 0 saturated carbocycles. The van der Waals surface area contributed by atoms with Crippen molar-refractivity contribution in [2.24, 2.45) is 0 Å². The molecule has 8 heteroatoms. The largest absolute Gasteiger partial charge is 0.392 e. The summed E-state index contributed by atoms with van der Waals surface area (Å²) in [7, 11) is -3.78. The Hall–Kier alpha value is -0.790. The lowest BCUT2D eigenvalue weighted by atomic mass is 10.2. The fourth-order valence-electron chi connectivity index (χ4n) is 1.63. The SMILES string of the molecule is O=S(=O)(Nc1ccc(Cl)c(Cl)c1)c1ccc(CO)cc1Br. The van der Waals surface area contributed by atoms with Gasteiger partial charge in [0.05, 0.1) is 22.3 Å². The Kier molecular flexibility index (Phi) is 5.16. The molecule has 0 aliphatic carbocycles. The lowest BCUT2D eigenvalue weighted by Crippen LogP contribution is -2.13. The average Bonchev–Trinajstić information content (AvgIpc) is 2.42. The molecule has 2 aromatic carbocycles. The maximum atomic E-state index is 12.3. The van der Waals surface area contributed by atoms with Gasteiger partial charge in [0.25, 0.3) is 10.0 Å². The number of benzene rings is 2. The van der Waals surface area contributed by atoms with Crippen LogP contribution in [0.15, 0.2) is 45.8 Å². The van der Waals surface area contributed by atoms with Crippen molar-refractivity contribution in [2.75, 3.05) is 4.72 Å². The van der Waals surface area contributed by atoms with Crippen LogP contribution in [0.2, 0.25) is 10.0 Å². The molecule has 0 bridgehead atoms. The summed E-state index contributed by atoms with van der Waals surface area (Å²) in [6.07, 6.45) is 0. The highest BCUT2D eigenvalue weighted by Crippen LogP contribution is 2.28. The van der Waals surface area contributed by atoms with Gasteiger partial charge in [-0.1, -0.05) is 29.3 Å². The summed E-state index contributed by atoms with van der Waals surface area (Å²) in [6, 6.07) is 8.94. The second-order valence-corrected chi connectivity index (χ2v) is 7.48. The molecular formula is C13H10BrCl2NO3S. The minimum atomic E-state index is -3.78. The molecule has 2 rings (SSSR count). The maximum Gasteiger partial charge on any atom is 0.263 e. The third-order valence-corrected chi connectivity index (χ3v) is 5.74. The second kappa shape index (κ2) is 6.54. The molecule has 0 aliphatic heterocycles. The van der Waals surface area contributed by atoms with E-state index in [9.17, 15) is 8.42 Å². The van der Waals surface area contributed by atoms with E-state index in [0.29, 0.717) is 20.7 Å². The summed E-state index contributed by atoms with van der Waals surface area (Å²) in [4.78, 5) is 0.0609. The summed E-state index contributed by atoms with van der Waals surface area (Å²) < 4.78 is 27.5. The molecule has 0 aliphatic rings. The molecule has 4 nitrogen and oxygen atoms in total. The van der Waals surface area contributed by atoms with E-state index >= 15 is 0 Å². The monoisotopic (exact) mass is 409 g/mol. The minimum absolute atomic E-state index is 0.0609. The van der Waals surface area contributed by atoms with Gasteiger partial charge in [0.2, 0.25) is 0 Å². The summed E-state index contributed by atoms with van der Waals surface area (Å²) in [6.45, 7) is -0.168. The molecule has 0 amide bonds. The molecule has 0 unspecified atom stereocenters. The van der Waals surface area contributed by atoms with Gasteiger partial charge in [0, 0.05) is 4.47 Å². The van der Waals surface area contributed by atoms with Crippen molar-refractivity contribution < 1.29 is 13.5 Å². The van der Waals surface area contributed by atoms with E-state index in [-0.39, 0.29) is 16.5 Å². The van der Waals surface area contributed by atoms with Crippen LogP contribution in [-0.2, 0) is 16.6 Å². The van der Waals surface area contributed by atoms with Gasteiger partial charge in [-0.2, -0.15) is 0 Å². The first-order chi connectivity index (χ1) is 9.83. The molecule has 0 radical (unpaired) electrons. The number of rotatable bonds is 4. The van der Waals surface area contributed by atoms with Crippen molar-refractivity contribution in [3.05, 3.63) is 56.5 Å². The Balaban J connectivity index is 2.36. The topological polar surface area (TPSA) is 66.4 Å². The Bertz CT molecular complexity index is 781. The van der Waals surface area contributed by atoms with Crippen LogP contribution in [0, 0.1) is 0 Å². The first kappa shape index (κ1) is 16.6. The number of aliphatic hydroxyl groups is 1. The van der Waals surface area contributed by atoms with E-state index in [4.69, 9.17) is 28.3 Å². The fraction of sp³-hybridized carbons (Fsp3) is 0.0769. The summed E-state index contributed by atoms with van der Waals surface area (Å²) in [5.74, 6) is 0. The Morgan fingerprint density at radius 3 is 2.38 bits per heavy atom. The summed E-state index contributed by atoms with van der Waals surface area (Å²) >= 11 is 14.8. The Morgan fingerprint density at radius 1 is 1.10 bits per heavy atom. The predicted octanol–water partition coefficient (Wildman–Crippen LogP) is 4.05. The van der Waals surface area contributed by atoms with Crippen molar-refractivity contribution in [1.82, 2.24) is 0 Å². The van der Waals surface area contributed by atoms with Crippen LogP contribution in [0.25, 0.3) is 0 Å². The van der Waals surface area contributed by atoms with Gasteiger partial charge in [-0.05, 0) is 51.8 Å². The number of halogens is 3. The van der Waals surface area contributed by atoms with Crippen molar-refractivity contribution in [1.29, 1.82) is 0 Å². The fourth-order valence-corrected chi connectivity index (χ4v) is 4.10. The zero-order valence-corrected chi connectivity index (χ0v) is 14.4. The van der Waals surface area contributed by atoms with E-state index in [1.165, 1.54) is 30.3 Å². The highest BCUT2D eigenvalue weighted by atomic mass is 79.9. The maximum absolute atomic E-state index is 12.3. The lowest BCUT2D eigenvalue weighted by molar-refractivity contribution is 0.281. The molecule has 0 spiro atoms. The number of anilines is 1. The van der Waals surface area contributed by atoms with Gasteiger partial charge < -0.3 is 5.11 Å². The molecular weight excluding hydrogens is 401 g/mol. The smallest absolute Gasteiger partial charge is 0.263 e. The average molecular weight is 411 g/mol. The Labute approximate surface area is 140 Å². The van der Waals surface area contributed by atoms with Gasteiger partial charge in [-0.25, -0.2) is 8.42 Å². The van der Waals surface area contributed by atoms with E-state index < -0.39 is 10.0 Å². The van der Waals surface area contributed by atoms with E-state index in [1.54, 1.807) is 6.07 Å². The number of hydrogen-bond acceptors (Lipinski definition) is 3. The zero-order chi connectivity index (χ0) is 15.6. The van der Waals surface area contributed by atoms with Crippen LogP contribution in [0.3, 0.4) is 0 Å². The van der Waals surface area contributed by atoms with E-state index in [0.717, 1.165) is 0 Å². The quantitative estimate of drug-likeness (QED) is 0.798. The van der Waals surface area contributed by atoms with Gasteiger partial charge in [-0.15, -0.1) is 0 Å². The lowest BCUT2D eigenvalue weighted by Gasteiger charge is -2.11. The third kappa shape index (κ3) is 3.90. The molecule has 2 N–H and O–H groups in total.